The minimum Gasteiger partial charge on any atom is -0.459 e. The number of hydrogen-bond acceptors (Lipinski definition) is 4. The average molecular weight is 203 g/mol. The maximum absolute atomic E-state index is 11.3. The van der Waals surface area contributed by atoms with Crippen molar-refractivity contribution in [3.8, 4) is 0 Å². The summed E-state index contributed by atoms with van der Waals surface area (Å²) < 4.78 is 5.21. The van der Waals surface area contributed by atoms with Gasteiger partial charge in [-0.25, -0.2) is 0 Å². The molecule has 76 valence electrons. The Balaban J connectivity index is 2.24. The summed E-state index contributed by atoms with van der Waals surface area (Å²) in [6.07, 6.45) is 0. The van der Waals surface area contributed by atoms with Crippen LogP contribution in [0.15, 0.2) is 0 Å². The lowest BCUT2D eigenvalue weighted by Crippen LogP contribution is -2.33. The van der Waals surface area contributed by atoms with Crippen LogP contribution in [-0.2, 0) is 9.53 Å². The number of nitrogens with zero attached hydrogens (tertiary/aromatic N) is 1. The Labute approximate surface area is 83.8 Å². The molecule has 0 bridgehead atoms. The van der Waals surface area contributed by atoms with Crippen LogP contribution in [-0.4, -0.2) is 41.2 Å². The van der Waals surface area contributed by atoms with E-state index < -0.39 is 0 Å². The van der Waals surface area contributed by atoms with E-state index in [-0.39, 0.29) is 11.6 Å². The van der Waals surface area contributed by atoms with Crippen LogP contribution in [0.25, 0.3) is 0 Å². The van der Waals surface area contributed by atoms with E-state index in [2.05, 4.69) is 4.90 Å². The first-order chi connectivity index (χ1) is 5.97. The monoisotopic (exact) mass is 203 g/mol. The Morgan fingerprint density at radius 2 is 2.23 bits per heavy atom. The lowest BCUT2D eigenvalue weighted by atomic mass is 10.2. The maximum Gasteiger partial charge on any atom is 0.320 e. The normalized spacial score (nSPS) is 19.0. The third kappa shape index (κ3) is 4.52. The second-order valence-corrected chi connectivity index (χ2v) is 5.25. The zero-order valence-corrected chi connectivity index (χ0v) is 9.32. The van der Waals surface area contributed by atoms with Gasteiger partial charge in [0.25, 0.3) is 0 Å². The van der Waals surface area contributed by atoms with Gasteiger partial charge >= 0.3 is 5.97 Å². The number of rotatable bonds is 2. The standard InChI is InChI=1S/C9H17NO2S/c1-9(2,3)12-8(11)6-10-4-5-13-7-10/h4-7H2,1-3H3. The van der Waals surface area contributed by atoms with Crippen molar-refractivity contribution in [1.29, 1.82) is 0 Å². The summed E-state index contributed by atoms with van der Waals surface area (Å²) in [6, 6.07) is 0. The predicted octanol–water partition coefficient (Wildman–Crippen LogP) is 1.33. The van der Waals surface area contributed by atoms with Gasteiger partial charge in [-0.05, 0) is 20.8 Å². The molecule has 0 aliphatic carbocycles. The quantitative estimate of drug-likeness (QED) is 0.633. The molecule has 0 radical (unpaired) electrons. The molecule has 3 nitrogen and oxygen atoms in total. The van der Waals surface area contributed by atoms with E-state index in [1.807, 2.05) is 32.5 Å². The van der Waals surface area contributed by atoms with Crippen LogP contribution in [0.4, 0.5) is 0 Å². The van der Waals surface area contributed by atoms with E-state index in [0.717, 1.165) is 18.2 Å². The molecule has 0 amide bonds. The number of hydrogen-bond donors (Lipinski definition) is 0. The second-order valence-electron chi connectivity index (χ2n) is 4.18. The molecule has 1 fully saturated rings. The number of carbonyl (C=O) groups excluding carboxylic acids is 1. The maximum atomic E-state index is 11.3. The van der Waals surface area contributed by atoms with Gasteiger partial charge in [0.05, 0.1) is 6.54 Å². The summed E-state index contributed by atoms with van der Waals surface area (Å²) in [6.45, 7) is 7.12. The van der Waals surface area contributed by atoms with Crippen molar-refractivity contribution in [2.24, 2.45) is 0 Å². The lowest BCUT2D eigenvalue weighted by Gasteiger charge is -2.21. The minimum absolute atomic E-state index is 0.116. The van der Waals surface area contributed by atoms with Crippen LogP contribution in [0.3, 0.4) is 0 Å². The van der Waals surface area contributed by atoms with Crippen LogP contribution in [0.1, 0.15) is 20.8 Å². The van der Waals surface area contributed by atoms with Crippen LogP contribution in [0.5, 0.6) is 0 Å². The first-order valence-corrected chi connectivity index (χ1v) is 5.65. The van der Waals surface area contributed by atoms with Crippen molar-refractivity contribution < 1.29 is 9.53 Å². The predicted molar refractivity (Wildman–Crippen MR) is 54.7 cm³/mol. The van der Waals surface area contributed by atoms with E-state index in [1.165, 1.54) is 0 Å². The van der Waals surface area contributed by atoms with E-state index in [4.69, 9.17) is 4.74 Å². The van der Waals surface area contributed by atoms with Gasteiger partial charge in [-0.1, -0.05) is 0 Å². The molecule has 0 aromatic rings. The molecule has 0 aromatic heterocycles. The molecule has 0 N–H and O–H groups in total. The van der Waals surface area contributed by atoms with E-state index >= 15 is 0 Å². The minimum atomic E-state index is -0.357. The average Bonchev–Trinajstić information content (AvgIpc) is 2.34. The van der Waals surface area contributed by atoms with Crippen LogP contribution < -0.4 is 0 Å². The number of esters is 1. The van der Waals surface area contributed by atoms with Gasteiger partial charge in [0, 0.05) is 18.2 Å². The van der Waals surface area contributed by atoms with Gasteiger partial charge in [0.2, 0.25) is 0 Å². The molecule has 1 heterocycles. The molecular formula is C9H17NO2S. The number of carbonyl (C=O) groups is 1. The van der Waals surface area contributed by atoms with Crippen molar-refractivity contribution in [3.05, 3.63) is 0 Å². The van der Waals surface area contributed by atoms with Gasteiger partial charge in [0.1, 0.15) is 5.60 Å². The van der Waals surface area contributed by atoms with Gasteiger partial charge in [-0.2, -0.15) is 0 Å². The zero-order chi connectivity index (χ0) is 9.90. The second kappa shape index (κ2) is 4.33. The first-order valence-electron chi connectivity index (χ1n) is 4.49. The fourth-order valence-electron chi connectivity index (χ4n) is 1.13. The zero-order valence-electron chi connectivity index (χ0n) is 8.50. The summed E-state index contributed by atoms with van der Waals surface area (Å²) >= 11 is 1.86. The molecule has 0 atom stereocenters. The number of thioether (sulfide) groups is 1. The summed E-state index contributed by atoms with van der Waals surface area (Å²) in [5, 5.41) is 0. The molecule has 1 aliphatic rings. The molecule has 1 saturated heterocycles. The molecule has 0 spiro atoms. The van der Waals surface area contributed by atoms with Crippen molar-refractivity contribution in [1.82, 2.24) is 4.90 Å². The summed E-state index contributed by atoms with van der Waals surface area (Å²) in [5.74, 6) is 1.97. The Morgan fingerprint density at radius 1 is 1.54 bits per heavy atom. The topological polar surface area (TPSA) is 29.5 Å². The van der Waals surface area contributed by atoms with Crippen molar-refractivity contribution >= 4 is 17.7 Å². The van der Waals surface area contributed by atoms with E-state index in [1.54, 1.807) is 0 Å². The highest BCUT2D eigenvalue weighted by Crippen LogP contribution is 2.14. The molecule has 13 heavy (non-hydrogen) atoms. The van der Waals surface area contributed by atoms with E-state index in [9.17, 15) is 4.79 Å². The highest BCUT2D eigenvalue weighted by Gasteiger charge is 2.20. The van der Waals surface area contributed by atoms with Crippen molar-refractivity contribution in [2.45, 2.75) is 26.4 Å². The van der Waals surface area contributed by atoms with Gasteiger partial charge < -0.3 is 4.74 Å². The van der Waals surface area contributed by atoms with Crippen LogP contribution in [0, 0.1) is 0 Å². The molecule has 4 heteroatoms. The summed E-state index contributed by atoms with van der Waals surface area (Å²) in [5.41, 5.74) is -0.357. The van der Waals surface area contributed by atoms with Gasteiger partial charge in [-0.3, -0.25) is 9.69 Å². The van der Waals surface area contributed by atoms with Crippen LogP contribution in [0.2, 0.25) is 0 Å². The molecular weight excluding hydrogens is 186 g/mol. The third-order valence-corrected chi connectivity index (χ3v) is 2.62. The summed E-state index contributed by atoms with van der Waals surface area (Å²) in [7, 11) is 0. The fraction of sp³-hybridized carbons (Fsp3) is 0.889. The molecule has 0 saturated carbocycles. The Kier molecular flexibility index (Phi) is 3.62. The Bertz CT molecular complexity index is 183. The fourth-order valence-corrected chi connectivity index (χ4v) is 2.13. The summed E-state index contributed by atoms with van der Waals surface area (Å²) in [4.78, 5) is 13.5. The van der Waals surface area contributed by atoms with E-state index in [0.29, 0.717) is 6.54 Å². The molecule has 1 aliphatic heterocycles. The Morgan fingerprint density at radius 3 is 2.69 bits per heavy atom. The van der Waals surface area contributed by atoms with Gasteiger partial charge in [0.15, 0.2) is 0 Å². The largest absolute Gasteiger partial charge is 0.459 e. The molecule has 1 rings (SSSR count). The molecule has 0 unspecified atom stereocenters. The molecule has 0 aromatic carbocycles. The van der Waals surface area contributed by atoms with Crippen molar-refractivity contribution in [2.75, 3.05) is 24.7 Å². The SMILES string of the molecule is CC(C)(C)OC(=O)CN1CCSC1. The lowest BCUT2D eigenvalue weighted by molar-refractivity contribution is -0.155. The highest BCUT2D eigenvalue weighted by molar-refractivity contribution is 7.99. The third-order valence-electron chi connectivity index (χ3n) is 1.60. The first kappa shape index (κ1) is 10.9. The van der Waals surface area contributed by atoms with Gasteiger partial charge in [-0.15, -0.1) is 11.8 Å². The van der Waals surface area contributed by atoms with Crippen LogP contribution >= 0.6 is 11.8 Å². The smallest absolute Gasteiger partial charge is 0.320 e. The van der Waals surface area contributed by atoms with Crippen molar-refractivity contribution in [3.63, 3.8) is 0 Å². The highest BCUT2D eigenvalue weighted by atomic mass is 32.2. The number of ether oxygens (including phenoxy) is 1. The Hall–Kier alpha value is -0.220.